The van der Waals surface area contributed by atoms with Crippen molar-refractivity contribution in [3.05, 3.63) is 83.2 Å². The highest BCUT2D eigenvalue weighted by atomic mass is 16.1. The maximum Gasteiger partial charge on any atom is 0.256 e. The highest BCUT2D eigenvalue weighted by molar-refractivity contribution is 5.97. The van der Waals surface area contributed by atoms with Crippen LogP contribution in [0.2, 0.25) is 0 Å². The Hall–Kier alpha value is -2.87. The summed E-state index contributed by atoms with van der Waals surface area (Å²) in [5.41, 5.74) is 1.86. The van der Waals surface area contributed by atoms with Gasteiger partial charge < -0.3 is 4.98 Å². The minimum Gasteiger partial charge on any atom is -0.321 e. The number of pyridine rings is 1. The van der Waals surface area contributed by atoms with Crippen molar-refractivity contribution in [2.45, 2.75) is 0 Å². The van der Waals surface area contributed by atoms with Crippen LogP contribution in [0.15, 0.2) is 77.6 Å². The summed E-state index contributed by atoms with van der Waals surface area (Å²) in [4.78, 5) is 15.3. The van der Waals surface area contributed by atoms with Crippen LogP contribution in [0, 0.1) is 0 Å². The highest BCUT2D eigenvalue weighted by Gasteiger charge is 2.06. The van der Waals surface area contributed by atoms with Crippen molar-refractivity contribution in [3.63, 3.8) is 0 Å². The van der Waals surface area contributed by atoms with E-state index in [1.54, 1.807) is 0 Å². The van der Waals surface area contributed by atoms with Gasteiger partial charge in [-0.15, -0.1) is 0 Å². The SMILES string of the molecule is O=c1[nH]c(-c2cccc3ccccc23)cc2ccccc12. The maximum atomic E-state index is 12.3. The summed E-state index contributed by atoms with van der Waals surface area (Å²) in [6, 6.07) is 24.0. The van der Waals surface area contributed by atoms with E-state index in [0.29, 0.717) is 0 Å². The van der Waals surface area contributed by atoms with E-state index in [0.717, 1.165) is 27.4 Å². The summed E-state index contributed by atoms with van der Waals surface area (Å²) >= 11 is 0. The van der Waals surface area contributed by atoms with Crippen LogP contribution in [-0.2, 0) is 0 Å². The molecule has 0 bridgehead atoms. The first-order valence-electron chi connectivity index (χ1n) is 6.93. The third-order valence-corrected chi connectivity index (χ3v) is 3.83. The number of aromatic amines is 1. The van der Waals surface area contributed by atoms with E-state index in [1.807, 2.05) is 54.6 Å². The Kier molecular flexibility index (Phi) is 2.61. The number of aromatic nitrogens is 1. The molecule has 0 aliphatic heterocycles. The fourth-order valence-electron chi connectivity index (χ4n) is 2.82. The van der Waals surface area contributed by atoms with Gasteiger partial charge in [-0.05, 0) is 28.3 Å². The van der Waals surface area contributed by atoms with Crippen LogP contribution in [-0.4, -0.2) is 4.98 Å². The van der Waals surface area contributed by atoms with Crippen LogP contribution in [0.25, 0.3) is 32.8 Å². The van der Waals surface area contributed by atoms with Crippen LogP contribution < -0.4 is 5.56 Å². The molecular formula is C19H13NO. The molecule has 0 fully saturated rings. The van der Waals surface area contributed by atoms with Crippen molar-refractivity contribution in [2.75, 3.05) is 0 Å². The molecule has 0 amide bonds. The Morgan fingerprint density at radius 2 is 1.33 bits per heavy atom. The summed E-state index contributed by atoms with van der Waals surface area (Å²) in [6.45, 7) is 0. The number of rotatable bonds is 1. The number of fused-ring (bicyclic) bond motifs is 2. The molecule has 1 heterocycles. The van der Waals surface area contributed by atoms with E-state index in [1.165, 1.54) is 5.39 Å². The molecule has 0 saturated carbocycles. The van der Waals surface area contributed by atoms with Crippen LogP contribution in [0.3, 0.4) is 0 Å². The Morgan fingerprint density at radius 1 is 0.667 bits per heavy atom. The van der Waals surface area contributed by atoms with Crippen LogP contribution >= 0.6 is 0 Å². The summed E-state index contributed by atoms with van der Waals surface area (Å²) in [6.07, 6.45) is 0. The summed E-state index contributed by atoms with van der Waals surface area (Å²) < 4.78 is 0. The number of hydrogen-bond acceptors (Lipinski definition) is 1. The van der Waals surface area contributed by atoms with E-state index >= 15 is 0 Å². The van der Waals surface area contributed by atoms with Gasteiger partial charge in [-0.1, -0.05) is 60.7 Å². The quantitative estimate of drug-likeness (QED) is 0.548. The molecule has 0 atom stereocenters. The van der Waals surface area contributed by atoms with Crippen LogP contribution in [0.4, 0.5) is 0 Å². The molecule has 0 radical (unpaired) electrons. The zero-order chi connectivity index (χ0) is 14.2. The smallest absolute Gasteiger partial charge is 0.256 e. The molecule has 0 spiro atoms. The molecular weight excluding hydrogens is 258 g/mol. The lowest BCUT2D eigenvalue weighted by Gasteiger charge is -2.08. The molecule has 0 saturated heterocycles. The molecule has 2 nitrogen and oxygen atoms in total. The Balaban J connectivity index is 2.07. The van der Waals surface area contributed by atoms with Gasteiger partial charge in [0.2, 0.25) is 0 Å². The van der Waals surface area contributed by atoms with Gasteiger partial charge in [0.15, 0.2) is 0 Å². The molecule has 0 aliphatic carbocycles. The second-order valence-corrected chi connectivity index (χ2v) is 5.13. The zero-order valence-electron chi connectivity index (χ0n) is 11.3. The fraction of sp³-hybridized carbons (Fsp3) is 0. The van der Waals surface area contributed by atoms with Crippen molar-refractivity contribution in [1.82, 2.24) is 4.98 Å². The fourth-order valence-corrected chi connectivity index (χ4v) is 2.82. The third-order valence-electron chi connectivity index (χ3n) is 3.83. The Bertz CT molecular complexity index is 1010. The second-order valence-electron chi connectivity index (χ2n) is 5.13. The van der Waals surface area contributed by atoms with Gasteiger partial charge in [-0.2, -0.15) is 0 Å². The number of hydrogen-bond donors (Lipinski definition) is 1. The first kappa shape index (κ1) is 11.9. The van der Waals surface area contributed by atoms with Gasteiger partial charge in [0.1, 0.15) is 0 Å². The van der Waals surface area contributed by atoms with Crippen molar-refractivity contribution in [2.24, 2.45) is 0 Å². The van der Waals surface area contributed by atoms with E-state index in [-0.39, 0.29) is 5.56 Å². The molecule has 3 aromatic carbocycles. The monoisotopic (exact) mass is 271 g/mol. The molecule has 1 N–H and O–H groups in total. The standard InChI is InChI=1S/C19H13NO/c21-19-16-10-4-2-7-14(16)12-18(20-19)17-11-5-8-13-6-1-3-9-15(13)17/h1-12H,(H,20,21). The molecule has 2 heteroatoms. The summed E-state index contributed by atoms with van der Waals surface area (Å²) in [5, 5.41) is 4.00. The second kappa shape index (κ2) is 4.60. The van der Waals surface area contributed by atoms with Gasteiger partial charge in [0, 0.05) is 16.6 Å². The number of nitrogens with one attached hydrogen (secondary N) is 1. The van der Waals surface area contributed by atoms with Crippen molar-refractivity contribution in [1.29, 1.82) is 0 Å². The first-order chi connectivity index (χ1) is 10.3. The largest absolute Gasteiger partial charge is 0.321 e. The minimum atomic E-state index is -0.0453. The highest BCUT2D eigenvalue weighted by Crippen LogP contribution is 2.27. The van der Waals surface area contributed by atoms with E-state index < -0.39 is 0 Å². The first-order valence-corrected chi connectivity index (χ1v) is 6.93. The molecule has 4 aromatic rings. The normalized spacial score (nSPS) is 11.0. The maximum absolute atomic E-state index is 12.3. The predicted octanol–water partition coefficient (Wildman–Crippen LogP) is 4.35. The van der Waals surface area contributed by atoms with Crippen molar-refractivity contribution < 1.29 is 0 Å². The average Bonchev–Trinajstić information content (AvgIpc) is 2.54. The summed E-state index contributed by atoms with van der Waals surface area (Å²) in [7, 11) is 0. The van der Waals surface area contributed by atoms with Crippen LogP contribution in [0.5, 0.6) is 0 Å². The molecule has 1 aromatic heterocycles. The van der Waals surface area contributed by atoms with E-state index in [2.05, 4.69) is 23.2 Å². The average molecular weight is 271 g/mol. The van der Waals surface area contributed by atoms with Crippen molar-refractivity contribution >= 4 is 21.5 Å². The van der Waals surface area contributed by atoms with Gasteiger partial charge in [0.25, 0.3) is 5.56 Å². The molecule has 0 unspecified atom stereocenters. The van der Waals surface area contributed by atoms with Gasteiger partial charge in [-0.25, -0.2) is 0 Å². The number of H-pyrrole nitrogens is 1. The van der Waals surface area contributed by atoms with E-state index in [9.17, 15) is 4.79 Å². The molecule has 0 aliphatic rings. The molecule has 21 heavy (non-hydrogen) atoms. The Labute approximate surface area is 121 Å². The van der Waals surface area contributed by atoms with Gasteiger partial charge >= 0.3 is 0 Å². The number of benzene rings is 3. The zero-order valence-corrected chi connectivity index (χ0v) is 11.3. The lowest BCUT2D eigenvalue weighted by atomic mass is 10.0. The van der Waals surface area contributed by atoms with E-state index in [4.69, 9.17) is 0 Å². The third kappa shape index (κ3) is 1.93. The van der Waals surface area contributed by atoms with Crippen molar-refractivity contribution in [3.8, 4) is 11.3 Å². The molecule has 4 rings (SSSR count). The van der Waals surface area contributed by atoms with Crippen LogP contribution in [0.1, 0.15) is 0 Å². The Morgan fingerprint density at radius 3 is 2.19 bits per heavy atom. The minimum absolute atomic E-state index is 0.0453. The summed E-state index contributed by atoms with van der Waals surface area (Å²) in [5.74, 6) is 0. The van der Waals surface area contributed by atoms with Gasteiger partial charge in [0.05, 0.1) is 0 Å². The lowest BCUT2D eigenvalue weighted by molar-refractivity contribution is 1.28. The lowest BCUT2D eigenvalue weighted by Crippen LogP contribution is -2.07. The topological polar surface area (TPSA) is 32.9 Å². The van der Waals surface area contributed by atoms with Gasteiger partial charge in [-0.3, -0.25) is 4.79 Å². The predicted molar refractivity (Wildman–Crippen MR) is 87.5 cm³/mol. The molecule has 100 valence electrons.